The van der Waals surface area contributed by atoms with Crippen molar-refractivity contribution < 1.29 is 18.8 Å². The van der Waals surface area contributed by atoms with E-state index in [4.69, 9.17) is 37.8 Å². The summed E-state index contributed by atoms with van der Waals surface area (Å²) in [6.45, 7) is 0.368. The third-order valence-electron chi connectivity index (χ3n) is 6.19. The van der Waals surface area contributed by atoms with E-state index in [9.17, 15) is 4.79 Å². The first-order valence-electron chi connectivity index (χ1n) is 11.6. The fourth-order valence-corrected chi connectivity index (χ4v) is 4.85. The number of hydrogen-bond donors (Lipinski definition) is 0. The van der Waals surface area contributed by atoms with Crippen LogP contribution in [0.4, 0.5) is 5.69 Å². The number of thiocarbonyl (C=S) groups is 1. The third kappa shape index (κ3) is 5.16. The quantitative estimate of drug-likeness (QED) is 0.267. The molecule has 1 saturated heterocycles. The van der Waals surface area contributed by atoms with Crippen molar-refractivity contribution in [2.75, 3.05) is 19.1 Å². The number of hydrogen-bond acceptors (Lipinski definition) is 6. The van der Waals surface area contributed by atoms with E-state index in [1.165, 1.54) is 0 Å². The molecule has 0 N–H and O–H groups in total. The van der Waals surface area contributed by atoms with Gasteiger partial charge in [-0.1, -0.05) is 47.1 Å². The van der Waals surface area contributed by atoms with E-state index in [1.807, 2.05) is 53.4 Å². The standard InChI is InChI=1S/C28H24ClN3O4S/c1-34-22-12-18(13-23(14-22)35-2)17-31-26(16-24-15-25(30-36-24)19-6-4-3-5-7-19)27(33)32(28(31)37)21-10-8-20(29)9-11-21/h3-15,26H,16-17H2,1-2H3. The van der Waals surface area contributed by atoms with Crippen LogP contribution in [-0.4, -0.2) is 41.3 Å². The number of anilines is 1. The molecule has 0 saturated carbocycles. The van der Waals surface area contributed by atoms with Crippen molar-refractivity contribution in [1.82, 2.24) is 10.1 Å². The Morgan fingerprint density at radius 1 is 0.973 bits per heavy atom. The minimum Gasteiger partial charge on any atom is -0.497 e. The molecule has 4 aromatic rings. The van der Waals surface area contributed by atoms with Gasteiger partial charge in [-0.2, -0.15) is 0 Å². The largest absolute Gasteiger partial charge is 0.497 e. The van der Waals surface area contributed by atoms with Gasteiger partial charge in [-0.25, -0.2) is 0 Å². The smallest absolute Gasteiger partial charge is 0.256 e. The van der Waals surface area contributed by atoms with Crippen LogP contribution in [0.2, 0.25) is 5.02 Å². The van der Waals surface area contributed by atoms with Crippen LogP contribution < -0.4 is 14.4 Å². The topological polar surface area (TPSA) is 68.0 Å². The molecule has 37 heavy (non-hydrogen) atoms. The predicted molar refractivity (Wildman–Crippen MR) is 146 cm³/mol. The van der Waals surface area contributed by atoms with Gasteiger partial charge in [-0.15, -0.1) is 0 Å². The average Bonchev–Trinajstić information content (AvgIpc) is 3.48. The van der Waals surface area contributed by atoms with Crippen LogP contribution in [0.3, 0.4) is 0 Å². The molecule has 1 atom stereocenters. The highest BCUT2D eigenvalue weighted by Crippen LogP contribution is 2.32. The molecular weight excluding hydrogens is 510 g/mol. The number of benzene rings is 3. The Morgan fingerprint density at radius 2 is 1.65 bits per heavy atom. The van der Waals surface area contributed by atoms with Gasteiger partial charge in [0, 0.05) is 35.7 Å². The maximum atomic E-state index is 13.8. The van der Waals surface area contributed by atoms with Crippen molar-refractivity contribution in [3.63, 3.8) is 0 Å². The third-order valence-corrected chi connectivity index (χ3v) is 6.86. The molecule has 188 valence electrons. The lowest BCUT2D eigenvalue weighted by atomic mass is 10.1. The van der Waals surface area contributed by atoms with Crippen molar-refractivity contribution in [1.29, 1.82) is 0 Å². The fourth-order valence-electron chi connectivity index (χ4n) is 4.34. The van der Waals surface area contributed by atoms with Gasteiger partial charge in [0.1, 0.15) is 29.0 Å². The van der Waals surface area contributed by atoms with Gasteiger partial charge in [0.15, 0.2) is 5.11 Å². The highest BCUT2D eigenvalue weighted by atomic mass is 35.5. The molecule has 9 heteroatoms. The molecule has 1 aliphatic rings. The zero-order valence-corrected chi connectivity index (χ0v) is 21.8. The van der Waals surface area contributed by atoms with E-state index >= 15 is 0 Å². The molecule has 0 bridgehead atoms. The Bertz CT molecular complexity index is 1400. The zero-order valence-electron chi connectivity index (χ0n) is 20.3. The maximum absolute atomic E-state index is 13.8. The van der Waals surface area contributed by atoms with Crippen LogP contribution in [-0.2, 0) is 17.8 Å². The van der Waals surface area contributed by atoms with Gasteiger partial charge in [-0.3, -0.25) is 9.69 Å². The average molecular weight is 534 g/mol. The first kappa shape index (κ1) is 24.8. The van der Waals surface area contributed by atoms with E-state index in [1.54, 1.807) is 49.5 Å². The summed E-state index contributed by atoms with van der Waals surface area (Å²) >= 11 is 11.9. The van der Waals surface area contributed by atoms with Gasteiger partial charge in [-0.05, 0) is 54.2 Å². The predicted octanol–water partition coefficient (Wildman–Crippen LogP) is 5.76. The molecule has 2 heterocycles. The van der Waals surface area contributed by atoms with E-state index in [0.717, 1.165) is 11.1 Å². The Morgan fingerprint density at radius 3 is 2.30 bits per heavy atom. The minimum absolute atomic E-state index is 0.153. The molecule has 0 spiro atoms. The van der Waals surface area contributed by atoms with Crippen LogP contribution in [0.25, 0.3) is 11.3 Å². The van der Waals surface area contributed by atoms with Gasteiger partial charge in [0.05, 0.1) is 19.9 Å². The van der Waals surface area contributed by atoms with Crippen LogP contribution >= 0.6 is 23.8 Å². The van der Waals surface area contributed by atoms with Crippen molar-refractivity contribution in [3.05, 3.63) is 95.2 Å². The highest BCUT2D eigenvalue weighted by molar-refractivity contribution is 7.80. The molecule has 1 unspecified atom stereocenters. The van der Waals surface area contributed by atoms with E-state index in [0.29, 0.717) is 51.7 Å². The molecule has 0 radical (unpaired) electrons. The van der Waals surface area contributed by atoms with Gasteiger partial charge >= 0.3 is 0 Å². The molecular formula is C28H24ClN3O4S. The minimum atomic E-state index is -0.600. The molecule has 1 aromatic heterocycles. The zero-order chi connectivity index (χ0) is 25.9. The molecule has 5 rings (SSSR count). The second-order valence-electron chi connectivity index (χ2n) is 8.55. The summed E-state index contributed by atoms with van der Waals surface area (Å²) in [5.74, 6) is 1.74. The van der Waals surface area contributed by atoms with Crippen LogP contribution in [0.15, 0.2) is 83.4 Å². The summed E-state index contributed by atoms with van der Waals surface area (Å²) in [6, 6.07) is 23.7. The molecule has 1 aliphatic heterocycles. The van der Waals surface area contributed by atoms with Crippen molar-refractivity contribution in [2.45, 2.75) is 19.0 Å². The number of ether oxygens (including phenoxy) is 2. The summed E-state index contributed by atoms with van der Waals surface area (Å²) < 4.78 is 16.5. The van der Waals surface area contributed by atoms with Crippen LogP contribution in [0.1, 0.15) is 11.3 Å². The lowest BCUT2D eigenvalue weighted by molar-refractivity contribution is -0.119. The number of methoxy groups -OCH3 is 2. The number of halogens is 1. The van der Waals surface area contributed by atoms with Crippen molar-refractivity contribution in [2.24, 2.45) is 0 Å². The first-order valence-corrected chi connectivity index (χ1v) is 12.4. The van der Waals surface area contributed by atoms with Gasteiger partial charge < -0.3 is 18.9 Å². The lowest BCUT2D eigenvalue weighted by Crippen LogP contribution is -2.36. The number of amides is 1. The van der Waals surface area contributed by atoms with Gasteiger partial charge in [0.25, 0.3) is 5.91 Å². The van der Waals surface area contributed by atoms with Crippen molar-refractivity contribution >= 4 is 40.5 Å². The molecule has 7 nitrogen and oxygen atoms in total. The van der Waals surface area contributed by atoms with Gasteiger partial charge in [0.2, 0.25) is 0 Å². The Balaban J connectivity index is 1.48. The second-order valence-corrected chi connectivity index (χ2v) is 9.35. The van der Waals surface area contributed by atoms with E-state index in [-0.39, 0.29) is 5.91 Å². The summed E-state index contributed by atoms with van der Waals surface area (Å²) in [5.41, 5.74) is 3.19. The van der Waals surface area contributed by atoms with E-state index in [2.05, 4.69) is 5.16 Å². The van der Waals surface area contributed by atoms with Crippen LogP contribution in [0.5, 0.6) is 11.5 Å². The number of nitrogens with zero attached hydrogens (tertiary/aromatic N) is 3. The van der Waals surface area contributed by atoms with Crippen molar-refractivity contribution in [3.8, 4) is 22.8 Å². The molecule has 3 aromatic carbocycles. The monoisotopic (exact) mass is 533 g/mol. The number of aromatic nitrogens is 1. The Hall–Kier alpha value is -3.88. The van der Waals surface area contributed by atoms with E-state index < -0.39 is 6.04 Å². The Kier molecular flexibility index (Phi) is 7.12. The fraction of sp³-hybridized carbons (Fsp3) is 0.179. The first-order chi connectivity index (χ1) is 18.0. The SMILES string of the molecule is COc1cc(CN2C(=S)N(c3ccc(Cl)cc3)C(=O)C2Cc2cc(-c3ccccc3)no2)cc(OC)c1. The lowest BCUT2D eigenvalue weighted by Gasteiger charge is -2.24. The molecule has 1 amide bonds. The molecule has 0 aliphatic carbocycles. The summed E-state index contributed by atoms with van der Waals surface area (Å²) in [4.78, 5) is 17.2. The summed E-state index contributed by atoms with van der Waals surface area (Å²) in [6.07, 6.45) is 0.296. The normalized spacial score (nSPS) is 15.4. The molecule has 1 fully saturated rings. The highest BCUT2D eigenvalue weighted by Gasteiger charge is 2.43. The number of carbonyl (C=O) groups excluding carboxylic acids is 1. The van der Waals surface area contributed by atoms with Crippen LogP contribution in [0, 0.1) is 0 Å². The second kappa shape index (κ2) is 10.6. The summed E-state index contributed by atoms with van der Waals surface area (Å²) in [7, 11) is 3.20. The maximum Gasteiger partial charge on any atom is 0.256 e. The Labute approximate surface area is 225 Å². The number of carbonyl (C=O) groups is 1. The number of rotatable bonds is 8. The summed E-state index contributed by atoms with van der Waals surface area (Å²) in [5, 5.41) is 5.18.